The van der Waals surface area contributed by atoms with Crippen LogP contribution in [-0.4, -0.2) is 49.2 Å². The van der Waals surface area contributed by atoms with Crippen molar-refractivity contribution in [1.29, 1.82) is 0 Å². The molecule has 1 aliphatic rings. The molecule has 1 fully saturated rings. The van der Waals surface area contributed by atoms with Gasteiger partial charge >= 0.3 is 5.97 Å². The zero-order valence-electron chi connectivity index (χ0n) is 14.7. The maximum absolute atomic E-state index is 12.2. The lowest BCUT2D eigenvalue weighted by molar-refractivity contribution is -0.149. The highest BCUT2D eigenvalue weighted by Gasteiger charge is 2.37. The molecule has 0 radical (unpaired) electrons. The predicted molar refractivity (Wildman–Crippen MR) is 87.3 cm³/mol. The van der Waals surface area contributed by atoms with E-state index in [2.05, 4.69) is 37.9 Å². The molecule has 21 heavy (non-hydrogen) atoms. The third-order valence-corrected chi connectivity index (χ3v) is 5.09. The molecule has 0 amide bonds. The molecule has 0 aromatic heterocycles. The molecule has 124 valence electrons. The highest BCUT2D eigenvalue weighted by atomic mass is 16.5. The number of piperidine rings is 1. The summed E-state index contributed by atoms with van der Waals surface area (Å²) in [6, 6.07) is 0.383. The first-order chi connectivity index (χ1) is 9.84. The molecule has 4 unspecified atom stereocenters. The molecular weight excluding hydrogens is 264 g/mol. The van der Waals surface area contributed by atoms with Crippen LogP contribution >= 0.6 is 0 Å². The molecule has 0 aliphatic carbocycles. The summed E-state index contributed by atoms with van der Waals surface area (Å²) in [4.78, 5) is 14.7. The minimum Gasteiger partial charge on any atom is -0.468 e. The number of methoxy groups -OCH3 is 1. The van der Waals surface area contributed by atoms with E-state index in [4.69, 9.17) is 4.74 Å². The third kappa shape index (κ3) is 4.96. The van der Waals surface area contributed by atoms with E-state index >= 15 is 0 Å². The molecule has 4 atom stereocenters. The number of nitrogens with zero attached hydrogens (tertiary/aromatic N) is 1. The van der Waals surface area contributed by atoms with Crippen LogP contribution in [0.1, 0.15) is 53.9 Å². The van der Waals surface area contributed by atoms with Gasteiger partial charge in [0.05, 0.1) is 7.11 Å². The Morgan fingerprint density at radius 1 is 1.43 bits per heavy atom. The van der Waals surface area contributed by atoms with Gasteiger partial charge in [0.15, 0.2) is 0 Å². The number of carbonyl (C=O) groups excluding carboxylic acids is 1. The van der Waals surface area contributed by atoms with Crippen LogP contribution < -0.4 is 5.32 Å². The average Bonchev–Trinajstić information content (AvgIpc) is 2.46. The first kappa shape index (κ1) is 18.4. The highest BCUT2D eigenvalue weighted by molar-refractivity contribution is 5.80. The molecule has 0 spiro atoms. The van der Waals surface area contributed by atoms with Crippen molar-refractivity contribution in [2.24, 2.45) is 11.8 Å². The fourth-order valence-electron chi connectivity index (χ4n) is 3.27. The van der Waals surface area contributed by atoms with Crippen molar-refractivity contribution < 1.29 is 9.53 Å². The van der Waals surface area contributed by atoms with Crippen molar-refractivity contribution in [3.8, 4) is 0 Å². The van der Waals surface area contributed by atoms with Gasteiger partial charge in [-0.15, -0.1) is 0 Å². The summed E-state index contributed by atoms with van der Waals surface area (Å²) >= 11 is 0. The molecule has 1 rings (SSSR count). The quantitative estimate of drug-likeness (QED) is 0.734. The molecule has 0 bridgehead atoms. The van der Waals surface area contributed by atoms with Crippen molar-refractivity contribution in [1.82, 2.24) is 10.2 Å². The summed E-state index contributed by atoms with van der Waals surface area (Å²) in [6.45, 7) is 14.1. The number of likely N-dealkylation sites (tertiary alicyclic amines) is 1. The van der Waals surface area contributed by atoms with Gasteiger partial charge in [-0.05, 0) is 58.0 Å². The van der Waals surface area contributed by atoms with Crippen molar-refractivity contribution >= 4 is 5.97 Å². The Morgan fingerprint density at radius 2 is 2.10 bits per heavy atom. The van der Waals surface area contributed by atoms with E-state index in [1.165, 1.54) is 13.5 Å². The van der Waals surface area contributed by atoms with Gasteiger partial charge in [-0.25, -0.2) is 0 Å². The molecule has 4 nitrogen and oxygen atoms in total. The van der Waals surface area contributed by atoms with Crippen molar-refractivity contribution in [2.45, 2.75) is 65.5 Å². The Balaban J connectivity index is 2.67. The molecule has 0 aromatic carbocycles. The zero-order valence-corrected chi connectivity index (χ0v) is 14.7. The highest BCUT2D eigenvalue weighted by Crippen LogP contribution is 2.26. The van der Waals surface area contributed by atoms with Gasteiger partial charge in [0, 0.05) is 12.6 Å². The van der Waals surface area contributed by atoms with Crippen LogP contribution in [0, 0.1) is 11.8 Å². The second-order valence-electron chi connectivity index (χ2n) is 7.04. The molecule has 1 saturated heterocycles. The maximum Gasteiger partial charge on any atom is 0.325 e. The Kier molecular flexibility index (Phi) is 7.14. The van der Waals surface area contributed by atoms with E-state index in [-0.39, 0.29) is 5.97 Å². The number of carbonyl (C=O) groups is 1. The minimum atomic E-state index is -0.587. The predicted octanol–water partition coefficient (Wildman–Crippen LogP) is 2.67. The fraction of sp³-hybridized carbons (Fsp3) is 0.941. The summed E-state index contributed by atoms with van der Waals surface area (Å²) in [7, 11) is 1.48. The number of rotatable bonds is 7. The standard InChI is InChI=1S/C17H34N2O2/c1-7-9-18-17(5,16(20)21-6)11-15(4)19-10-8-13(2)14(3)12-19/h13-15,18H,7-12H2,1-6H3. The van der Waals surface area contributed by atoms with Crippen molar-refractivity contribution in [3.63, 3.8) is 0 Å². The first-order valence-electron chi connectivity index (χ1n) is 8.41. The van der Waals surface area contributed by atoms with Gasteiger partial charge in [-0.2, -0.15) is 0 Å². The lowest BCUT2D eigenvalue weighted by Gasteiger charge is -2.41. The Morgan fingerprint density at radius 3 is 2.62 bits per heavy atom. The number of ether oxygens (including phenoxy) is 1. The van der Waals surface area contributed by atoms with Crippen LogP contribution in [0.5, 0.6) is 0 Å². The van der Waals surface area contributed by atoms with Crippen LogP contribution in [0.25, 0.3) is 0 Å². The Labute approximate surface area is 130 Å². The summed E-state index contributed by atoms with van der Waals surface area (Å²) in [5, 5.41) is 3.39. The monoisotopic (exact) mass is 298 g/mol. The molecule has 1 aliphatic heterocycles. The van der Waals surface area contributed by atoms with Crippen molar-refractivity contribution in [2.75, 3.05) is 26.7 Å². The smallest absolute Gasteiger partial charge is 0.325 e. The molecule has 1 N–H and O–H groups in total. The van der Waals surface area contributed by atoms with Gasteiger partial charge in [0.25, 0.3) is 0 Å². The van der Waals surface area contributed by atoms with E-state index in [9.17, 15) is 4.79 Å². The normalized spacial score (nSPS) is 27.9. The minimum absolute atomic E-state index is 0.152. The second-order valence-corrected chi connectivity index (χ2v) is 7.04. The number of esters is 1. The Bertz CT molecular complexity index is 335. The zero-order chi connectivity index (χ0) is 16.0. The van der Waals surface area contributed by atoms with Crippen LogP contribution in [0.2, 0.25) is 0 Å². The van der Waals surface area contributed by atoms with E-state index in [0.717, 1.165) is 44.3 Å². The third-order valence-electron chi connectivity index (χ3n) is 5.09. The largest absolute Gasteiger partial charge is 0.468 e. The first-order valence-corrected chi connectivity index (χ1v) is 8.41. The van der Waals surface area contributed by atoms with E-state index in [1.807, 2.05) is 6.92 Å². The van der Waals surface area contributed by atoms with Gasteiger partial charge < -0.3 is 15.0 Å². The summed E-state index contributed by atoms with van der Waals surface area (Å²) in [5.41, 5.74) is -0.587. The van der Waals surface area contributed by atoms with Crippen LogP contribution in [0.4, 0.5) is 0 Å². The molecule has 0 saturated carbocycles. The van der Waals surface area contributed by atoms with E-state index in [0.29, 0.717) is 6.04 Å². The lowest BCUT2D eigenvalue weighted by Crippen LogP contribution is -2.55. The summed E-state index contributed by atoms with van der Waals surface area (Å²) < 4.78 is 5.02. The van der Waals surface area contributed by atoms with Crippen LogP contribution in [-0.2, 0) is 9.53 Å². The fourth-order valence-corrected chi connectivity index (χ4v) is 3.27. The van der Waals surface area contributed by atoms with Crippen LogP contribution in [0.3, 0.4) is 0 Å². The van der Waals surface area contributed by atoms with E-state index in [1.54, 1.807) is 0 Å². The van der Waals surface area contributed by atoms with Gasteiger partial charge in [0.1, 0.15) is 5.54 Å². The number of hydrogen-bond donors (Lipinski definition) is 1. The Hall–Kier alpha value is -0.610. The van der Waals surface area contributed by atoms with E-state index < -0.39 is 5.54 Å². The molecule has 4 heteroatoms. The topological polar surface area (TPSA) is 41.6 Å². The van der Waals surface area contributed by atoms with Crippen LogP contribution in [0.15, 0.2) is 0 Å². The second kappa shape index (κ2) is 8.14. The average molecular weight is 298 g/mol. The maximum atomic E-state index is 12.2. The molecular formula is C17H34N2O2. The lowest BCUT2D eigenvalue weighted by atomic mass is 9.86. The van der Waals surface area contributed by atoms with Gasteiger partial charge in [-0.3, -0.25) is 4.79 Å². The molecule has 1 heterocycles. The summed E-state index contributed by atoms with van der Waals surface area (Å²) in [5.74, 6) is 1.38. The molecule has 0 aromatic rings. The number of nitrogens with one attached hydrogen (secondary N) is 1. The van der Waals surface area contributed by atoms with Gasteiger partial charge in [0.2, 0.25) is 0 Å². The van der Waals surface area contributed by atoms with Gasteiger partial charge in [-0.1, -0.05) is 20.8 Å². The summed E-state index contributed by atoms with van der Waals surface area (Å²) in [6.07, 6.45) is 3.06. The SMILES string of the molecule is CCCNC(C)(CC(C)N1CCC(C)C(C)C1)C(=O)OC. The number of hydrogen-bond acceptors (Lipinski definition) is 4. The van der Waals surface area contributed by atoms with Crippen molar-refractivity contribution in [3.05, 3.63) is 0 Å².